The Hall–Kier alpha value is -1.35. The van der Waals surface area contributed by atoms with E-state index in [1.54, 1.807) is 0 Å². The summed E-state index contributed by atoms with van der Waals surface area (Å²) < 4.78 is 26.4. The van der Waals surface area contributed by atoms with Crippen molar-refractivity contribution in [3.63, 3.8) is 0 Å². The van der Waals surface area contributed by atoms with E-state index in [0.29, 0.717) is 0 Å². The van der Waals surface area contributed by atoms with Gasteiger partial charge >= 0.3 is 0 Å². The summed E-state index contributed by atoms with van der Waals surface area (Å²) in [6, 6.07) is 7.08. The van der Waals surface area contributed by atoms with Gasteiger partial charge in [0.25, 0.3) is 0 Å². The number of hydrogen-bond donors (Lipinski definition) is 2. The maximum absolute atomic E-state index is 11.9. The Balaban J connectivity index is 2.12. The number of hydrogen-bond acceptors (Lipinski definition) is 3. The molecule has 5 heteroatoms. The first kappa shape index (κ1) is 14.1. The van der Waals surface area contributed by atoms with Crippen LogP contribution >= 0.6 is 0 Å². The quantitative estimate of drug-likeness (QED) is 0.813. The predicted molar refractivity (Wildman–Crippen MR) is 73.9 cm³/mol. The molecule has 2 N–H and O–H groups in total. The molecule has 1 fully saturated rings. The van der Waals surface area contributed by atoms with Gasteiger partial charge in [0.1, 0.15) is 6.61 Å². The van der Waals surface area contributed by atoms with Crippen molar-refractivity contribution in [3.8, 4) is 11.8 Å². The fourth-order valence-corrected chi connectivity index (χ4v) is 3.39. The summed E-state index contributed by atoms with van der Waals surface area (Å²) in [5.74, 6) is 5.38. The van der Waals surface area contributed by atoms with Crippen LogP contribution < -0.4 is 4.72 Å². The third-order valence-electron chi connectivity index (χ3n) is 3.00. The third kappa shape index (κ3) is 3.80. The molecule has 0 aliphatic heterocycles. The summed E-state index contributed by atoms with van der Waals surface area (Å²) in [4.78, 5) is 0. The van der Waals surface area contributed by atoms with Crippen molar-refractivity contribution in [2.75, 3.05) is 6.61 Å². The first-order valence-corrected chi connectivity index (χ1v) is 7.78. The second kappa shape index (κ2) is 5.74. The predicted octanol–water partition coefficient (Wildman–Crippen LogP) is 1.17. The van der Waals surface area contributed by atoms with Crippen LogP contribution in [0.1, 0.15) is 36.9 Å². The molecular weight excluding hydrogens is 262 g/mol. The fourth-order valence-electron chi connectivity index (χ4n) is 1.82. The zero-order chi connectivity index (χ0) is 13.9. The smallest absolute Gasteiger partial charge is 0.215 e. The van der Waals surface area contributed by atoms with Gasteiger partial charge in [0.2, 0.25) is 10.0 Å². The van der Waals surface area contributed by atoms with Crippen LogP contribution in [0, 0.1) is 11.8 Å². The van der Waals surface area contributed by atoms with Gasteiger partial charge < -0.3 is 5.11 Å². The Morgan fingerprint density at radius 3 is 2.84 bits per heavy atom. The van der Waals surface area contributed by atoms with Gasteiger partial charge in [-0.05, 0) is 37.5 Å². The van der Waals surface area contributed by atoms with Crippen molar-refractivity contribution in [2.45, 2.75) is 31.1 Å². The first-order valence-electron chi connectivity index (χ1n) is 6.24. The van der Waals surface area contributed by atoms with Crippen LogP contribution in [0.4, 0.5) is 0 Å². The van der Waals surface area contributed by atoms with E-state index < -0.39 is 10.0 Å². The maximum atomic E-state index is 11.9. The zero-order valence-corrected chi connectivity index (χ0v) is 11.6. The summed E-state index contributed by atoms with van der Waals surface area (Å²) in [7, 11) is -3.19. The van der Waals surface area contributed by atoms with Crippen molar-refractivity contribution in [1.82, 2.24) is 4.72 Å². The molecule has 102 valence electrons. The van der Waals surface area contributed by atoms with Crippen molar-refractivity contribution >= 4 is 10.0 Å². The largest absolute Gasteiger partial charge is 0.384 e. The Kier molecular flexibility index (Phi) is 4.25. The van der Waals surface area contributed by atoms with Crippen LogP contribution in [-0.4, -0.2) is 25.4 Å². The molecule has 1 aliphatic carbocycles. The van der Waals surface area contributed by atoms with E-state index in [-0.39, 0.29) is 17.9 Å². The standard InChI is InChI=1S/C14H17NO3S/c1-11(15-19(17,18)14-7-8-14)13-6-2-4-12(10-13)5-3-9-16/h2,4,6,10-11,14-16H,7-9H2,1H3. The van der Waals surface area contributed by atoms with E-state index in [1.165, 1.54) is 0 Å². The highest BCUT2D eigenvalue weighted by atomic mass is 32.2. The van der Waals surface area contributed by atoms with Gasteiger partial charge in [0.05, 0.1) is 5.25 Å². The molecule has 1 unspecified atom stereocenters. The van der Waals surface area contributed by atoms with Gasteiger partial charge in [-0.1, -0.05) is 24.0 Å². The number of sulfonamides is 1. The number of nitrogens with one attached hydrogen (secondary N) is 1. The molecule has 0 heterocycles. The Morgan fingerprint density at radius 2 is 2.21 bits per heavy atom. The van der Waals surface area contributed by atoms with E-state index in [1.807, 2.05) is 31.2 Å². The maximum Gasteiger partial charge on any atom is 0.215 e. The Labute approximate surface area is 113 Å². The second-order valence-corrected chi connectivity index (χ2v) is 6.66. The van der Waals surface area contributed by atoms with E-state index in [2.05, 4.69) is 16.6 Å². The lowest BCUT2D eigenvalue weighted by atomic mass is 10.1. The molecule has 0 spiro atoms. The summed E-state index contributed by atoms with van der Waals surface area (Å²) >= 11 is 0. The van der Waals surface area contributed by atoms with Crippen LogP contribution in [0.5, 0.6) is 0 Å². The molecule has 2 rings (SSSR count). The van der Waals surface area contributed by atoms with Crippen molar-refractivity contribution < 1.29 is 13.5 Å². The lowest BCUT2D eigenvalue weighted by molar-refractivity contribution is 0.350. The monoisotopic (exact) mass is 279 g/mol. The molecule has 0 saturated heterocycles. The highest BCUT2D eigenvalue weighted by Gasteiger charge is 2.36. The molecule has 1 aromatic carbocycles. The molecule has 1 atom stereocenters. The number of aliphatic hydroxyl groups excluding tert-OH is 1. The van der Waals surface area contributed by atoms with Gasteiger partial charge in [0.15, 0.2) is 0 Å². The van der Waals surface area contributed by atoms with E-state index in [4.69, 9.17) is 5.11 Å². The minimum absolute atomic E-state index is 0.186. The minimum Gasteiger partial charge on any atom is -0.384 e. The molecule has 0 aromatic heterocycles. The van der Waals surface area contributed by atoms with Crippen molar-refractivity contribution in [3.05, 3.63) is 35.4 Å². The second-order valence-electron chi connectivity index (χ2n) is 4.67. The SMILES string of the molecule is CC(NS(=O)(=O)C1CC1)c1cccc(C#CCO)c1. The summed E-state index contributed by atoms with van der Waals surface area (Å²) in [5, 5.41) is 8.45. The van der Waals surface area contributed by atoms with E-state index in [9.17, 15) is 8.42 Å². The number of benzene rings is 1. The van der Waals surface area contributed by atoms with Crippen LogP contribution in [0.3, 0.4) is 0 Å². The Bertz CT molecular complexity index is 609. The molecule has 0 bridgehead atoms. The minimum atomic E-state index is -3.19. The van der Waals surface area contributed by atoms with Crippen molar-refractivity contribution in [2.24, 2.45) is 0 Å². The summed E-state index contributed by atoms with van der Waals surface area (Å²) in [6.07, 6.45) is 1.51. The molecule has 0 radical (unpaired) electrons. The normalized spacial score (nSPS) is 16.5. The number of aliphatic hydroxyl groups is 1. The summed E-state index contributed by atoms with van der Waals surface area (Å²) in [6.45, 7) is 1.63. The van der Waals surface area contributed by atoms with E-state index >= 15 is 0 Å². The highest BCUT2D eigenvalue weighted by molar-refractivity contribution is 7.90. The molecule has 4 nitrogen and oxygen atoms in total. The number of rotatable bonds is 4. The van der Waals surface area contributed by atoms with Gasteiger partial charge in [-0.2, -0.15) is 0 Å². The van der Waals surface area contributed by atoms with Crippen LogP contribution in [0.15, 0.2) is 24.3 Å². The van der Waals surface area contributed by atoms with Crippen molar-refractivity contribution in [1.29, 1.82) is 0 Å². The third-order valence-corrected chi connectivity index (χ3v) is 5.03. The average molecular weight is 279 g/mol. The molecule has 19 heavy (non-hydrogen) atoms. The molecule has 1 saturated carbocycles. The lowest BCUT2D eigenvalue weighted by Crippen LogP contribution is -2.29. The van der Waals surface area contributed by atoms with Gasteiger partial charge in [-0.3, -0.25) is 0 Å². The van der Waals surface area contributed by atoms with Crippen LogP contribution in [-0.2, 0) is 10.0 Å². The molecule has 0 amide bonds. The van der Waals surface area contributed by atoms with E-state index in [0.717, 1.165) is 24.0 Å². The highest BCUT2D eigenvalue weighted by Crippen LogP contribution is 2.29. The Morgan fingerprint density at radius 1 is 1.47 bits per heavy atom. The van der Waals surface area contributed by atoms with Crippen LogP contribution in [0.25, 0.3) is 0 Å². The molecule has 1 aliphatic rings. The fraction of sp³-hybridized carbons (Fsp3) is 0.429. The van der Waals surface area contributed by atoms with Gasteiger partial charge in [-0.25, -0.2) is 13.1 Å². The van der Waals surface area contributed by atoms with Gasteiger partial charge in [-0.15, -0.1) is 0 Å². The lowest BCUT2D eigenvalue weighted by Gasteiger charge is -2.14. The first-order chi connectivity index (χ1) is 9.03. The zero-order valence-electron chi connectivity index (χ0n) is 10.8. The van der Waals surface area contributed by atoms with Crippen LogP contribution in [0.2, 0.25) is 0 Å². The average Bonchev–Trinajstić information content (AvgIpc) is 3.20. The summed E-state index contributed by atoms with van der Waals surface area (Å²) in [5.41, 5.74) is 1.64. The topological polar surface area (TPSA) is 66.4 Å². The molecular formula is C14H17NO3S. The molecule has 1 aromatic rings. The van der Waals surface area contributed by atoms with Gasteiger partial charge in [0, 0.05) is 11.6 Å².